The molecular weight excluding hydrogens is 395 g/mol. The van der Waals surface area contributed by atoms with Crippen LogP contribution in [0.1, 0.15) is 10.9 Å². The van der Waals surface area contributed by atoms with Crippen molar-refractivity contribution in [3.8, 4) is 6.07 Å². The molecule has 7 nitrogen and oxygen atoms in total. The molecule has 2 rings (SSSR count). The smallest absolute Gasteiger partial charge is 0.322 e. The number of rotatable bonds is 4. The van der Waals surface area contributed by atoms with E-state index in [1.165, 1.54) is 11.3 Å². The van der Waals surface area contributed by atoms with Crippen molar-refractivity contribution < 1.29 is 14.7 Å². The van der Waals surface area contributed by atoms with Gasteiger partial charge in [0, 0.05) is 9.77 Å². The number of aliphatic carboxylic acids is 1. The Hall–Kier alpha value is -1.80. The van der Waals surface area contributed by atoms with Crippen molar-refractivity contribution in [2.24, 2.45) is 0 Å². The molecule has 0 saturated heterocycles. The maximum absolute atomic E-state index is 11.8. The molecule has 0 fully saturated rings. The van der Waals surface area contributed by atoms with Crippen LogP contribution in [0.25, 0.3) is 10.3 Å². The van der Waals surface area contributed by atoms with Gasteiger partial charge in [-0.15, -0.1) is 11.3 Å². The average molecular weight is 402 g/mol. The summed E-state index contributed by atoms with van der Waals surface area (Å²) < 4.78 is 1.70. The number of hydrogen-bond donors (Lipinski definition) is 2. The number of halogens is 1. The van der Waals surface area contributed by atoms with Gasteiger partial charge in [0.1, 0.15) is 11.6 Å². The zero-order valence-electron chi connectivity index (χ0n) is 9.83. The van der Waals surface area contributed by atoms with Gasteiger partial charge in [-0.1, -0.05) is 0 Å². The van der Waals surface area contributed by atoms with Crippen molar-refractivity contribution in [3.63, 3.8) is 0 Å². The molecule has 2 heterocycles. The fourth-order valence-corrected chi connectivity index (χ4v) is 3.10. The molecule has 20 heavy (non-hydrogen) atoms. The van der Waals surface area contributed by atoms with Gasteiger partial charge in [-0.3, -0.25) is 9.59 Å². The van der Waals surface area contributed by atoms with Crippen LogP contribution >= 0.6 is 33.9 Å². The lowest BCUT2D eigenvalue weighted by molar-refractivity contribution is -0.138. The molecule has 2 aromatic heterocycles. The van der Waals surface area contributed by atoms with E-state index in [0.29, 0.717) is 10.7 Å². The number of pyridine rings is 1. The second-order valence-corrected chi connectivity index (χ2v) is 6.01. The van der Waals surface area contributed by atoms with Crippen molar-refractivity contribution in [3.05, 3.63) is 20.8 Å². The van der Waals surface area contributed by atoms with Gasteiger partial charge in [0.2, 0.25) is 5.91 Å². The number of aromatic nitrogens is 2. The predicted molar refractivity (Wildman–Crippen MR) is 79.1 cm³/mol. The fraction of sp³-hybridized carbons (Fsp3) is 0.182. The van der Waals surface area contributed by atoms with E-state index in [4.69, 9.17) is 10.4 Å². The Labute approximate surface area is 130 Å². The lowest BCUT2D eigenvalue weighted by atomic mass is 10.1. The van der Waals surface area contributed by atoms with Gasteiger partial charge < -0.3 is 10.4 Å². The SMILES string of the molecule is N#CC(C(=O)NCC(=O)O)c1nc2ncc(I)cc2s1. The fourth-order valence-electron chi connectivity index (χ4n) is 1.43. The first kappa shape index (κ1) is 14.6. The molecule has 0 aliphatic rings. The third kappa shape index (κ3) is 3.20. The van der Waals surface area contributed by atoms with Crippen molar-refractivity contribution in [1.82, 2.24) is 15.3 Å². The first-order valence-corrected chi connectivity index (χ1v) is 7.22. The molecule has 0 aliphatic heterocycles. The standard InChI is InChI=1S/C11H7IN4O3S/c12-5-1-7-9(14-3-5)16-11(20-7)6(2-13)10(19)15-4-8(17)18/h1,3,6H,4H2,(H,15,19)(H,17,18). The van der Waals surface area contributed by atoms with E-state index in [1.54, 1.807) is 6.20 Å². The Morgan fingerprint density at radius 2 is 2.35 bits per heavy atom. The number of amides is 1. The third-order valence-corrected chi connectivity index (χ3v) is 3.93. The van der Waals surface area contributed by atoms with Gasteiger partial charge >= 0.3 is 5.97 Å². The predicted octanol–water partition coefficient (Wildman–Crippen LogP) is 1.10. The normalized spacial score (nSPS) is 11.8. The number of carboxylic acid groups (broad SMARTS) is 1. The molecule has 1 atom stereocenters. The minimum absolute atomic E-state index is 0.305. The number of nitriles is 1. The van der Waals surface area contributed by atoms with E-state index in [9.17, 15) is 9.59 Å². The van der Waals surface area contributed by atoms with Crippen LogP contribution in [0.4, 0.5) is 0 Å². The first-order chi connectivity index (χ1) is 9.51. The Morgan fingerprint density at radius 1 is 1.60 bits per heavy atom. The van der Waals surface area contributed by atoms with Gasteiger partial charge in [-0.05, 0) is 28.7 Å². The van der Waals surface area contributed by atoms with Crippen LogP contribution in [-0.2, 0) is 9.59 Å². The number of thiazole rings is 1. The molecule has 102 valence electrons. The van der Waals surface area contributed by atoms with Crippen molar-refractivity contribution in [1.29, 1.82) is 5.26 Å². The van der Waals surface area contributed by atoms with Gasteiger partial charge in [0.15, 0.2) is 11.6 Å². The first-order valence-electron chi connectivity index (χ1n) is 5.32. The summed E-state index contributed by atoms with van der Waals surface area (Å²) >= 11 is 3.30. The minimum Gasteiger partial charge on any atom is -0.480 e. The topological polar surface area (TPSA) is 116 Å². The Bertz CT molecular complexity index is 724. The van der Waals surface area contributed by atoms with E-state index in [0.717, 1.165) is 8.27 Å². The van der Waals surface area contributed by atoms with Gasteiger partial charge in [-0.2, -0.15) is 5.26 Å². The van der Waals surface area contributed by atoms with Crippen LogP contribution in [0.3, 0.4) is 0 Å². The van der Waals surface area contributed by atoms with E-state index < -0.39 is 24.3 Å². The van der Waals surface area contributed by atoms with Gasteiger partial charge in [0.05, 0.1) is 10.8 Å². The van der Waals surface area contributed by atoms with Gasteiger partial charge in [-0.25, -0.2) is 9.97 Å². The molecule has 0 spiro atoms. The third-order valence-electron chi connectivity index (χ3n) is 2.28. The van der Waals surface area contributed by atoms with Gasteiger partial charge in [0.25, 0.3) is 0 Å². The summed E-state index contributed by atoms with van der Waals surface area (Å²) in [6, 6.07) is 3.69. The lowest BCUT2D eigenvalue weighted by Crippen LogP contribution is -2.33. The number of carbonyl (C=O) groups is 2. The number of carboxylic acids is 1. The highest BCUT2D eigenvalue weighted by atomic mass is 127. The van der Waals surface area contributed by atoms with Crippen molar-refractivity contribution >= 4 is 56.2 Å². The average Bonchev–Trinajstić information content (AvgIpc) is 2.79. The molecule has 1 unspecified atom stereocenters. The van der Waals surface area contributed by atoms with Crippen LogP contribution in [-0.4, -0.2) is 33.5 Å². The summed E-state index contributed by atoms with van der Waals surface area (Å²) in [5, 5.41) is 20.1. The molecule has 0 aliphatic carbocycles. The molecule has 0 saturated carbocycles. The monoisotopic (exact) mass is 402 g/mol. The van der Waals surface area contributed by atoms with Crippen LogP contribution in [0.15, 0.2) is 12.3 Å². The maximum Gasteiger partial charge on any atom is 0.322 e. The maximum atomic E-state index is 11.8. The molecule has 2 aromatic rings. The summed E-state index contributed by atoms with van der Waals surface area (Å²) in [6.45, 7) is -0.530. The van der Waals surface area contributed by atoms with Crippen molar-refractivity contribution in [2.45, 2.75) is 5.92 Å². The number of nitrogens with zero attached hydrogens (tertiary/aromatic N) is 3. The van der Waals surface area contributed by atoms with E-state index in [2.05, 4.69) is 37.9 Å². The lowest BCUT2D eigenvalue weighted by Gasteiger charge is -2.05. The highest BCUT2D eigenvalue weighted by Gasteiger charge is 2.24. The second-order valence-electron chi connectivity index (χ2n) is 3.70. The minimum atomic E-state index is -1.17. The Kier molecular flexibility index (Phi) is 4.46. The zero-order chi connectivity index (χ0) is 14.7. The number of fused-ring (bicyclic) bond motifs is 1. The van der Waals surface area contributed by atoms with Crippen LogP contribution in [0.2, 0.25) is 0 Å². The van der Waals surface area contributed by atoms with E-state index in [1.807, 2.05) is 12.1 Å². The summed E-state index contributed by atoms with van der Waals surface area (Å²) in [5.41, 5.74) is 0.469. The highest BCUT2D eigenvalue weighted by Crippen LogP contribution is 2.27. The summed E-state index contributed by atoms with van der Waals surface area (Å²) in [4.78, 5) is 30.4. The Morgan fingerprint density at radius 3 is 3.00 bits per heavy atom. The molecule has 2 N–H and O–H groups in total. The Balaban J connectivity index is 2.27. The van der Waals surface area contributed by atoms with E-state index >= 15 is 0 Å². The van der Waals surface area contributed by atoms with Crippen LogP contribution in [0.5, 0.6) is 0 Å². The largest absolute Gasteiger partial charge is 0.480 e. The molecular formula is C11H7IN4O3S. The van der Waals surface area contributed by atoms with Crippen LogP contribution in [0, 0.1) is 14.9 Å². The molecule has 0 bridgehead atoms. The van der Waals surface area contributed by atoms with Crippen molar-refractivity contribution in [2.75, 3.05) is 6.54 Å². The number of hydrogen-bond acceptors (Lipinski definition) is 6. The molecule has 0 radical (unpaired) electrons. The quantitative estimate of drug-likeness (QED) is 0.741. The summed E-state index contributed by atoms with van der Waals surface area (Å²) in [7, 11) is 0. The highest BCUT2D eigenvalue weighted by molar-refractivity contribution is 14.1. The zero-order valence-corrected chi connectivity index (χ0v) is 12.8. The molecule has 1 amide bonds. The number of carbonyl (C=O) groups excluding carboxylic acids is 1. The second kappa shape index (κ2) is 6.10. The van der Waals surface area contributed by atoms with E-state index in [-0.39, 0.29) is 0 Å². The van der Waals surface area contributed by atoms with Crippen LogP contribution < -0.4 is 5.32 Å². The summed E-state index contributed by atoms with van der Waals surface area (Å²) in [6.07, 6.45) is 1.64. The molecule has 9 heteroatoms. The number of nitrogens with one attached hydrogen (secondary N) is 1. The summed E-state index contributed by atoms with van der Waals surface area (Å²) in [5.74, 6) is -2.98. The molecule has 0 aromatic carbocycles.